The number of rotatable bonds is 5. The van der Waals surface area contributed by atoms with E-state index in [0.29, 0.717) is 11.3 Å². The SMILES string of the molecule is COc1cccc(C(=O)NC2CCC(C(=O)Nc3cnccc3C)CC2)c1. The number of aromatic nitrogens is 1. The number of methoxy groups -OCH3 is 1. The molecule has 0 radical (unpaired) electrons. The van der Waals surface area contributed by atoms with Crippen LogP contribution in [0.25, 0.3) is 0 Å². The molecule has 1 saturated carbocycles. The van der Waals surface area contributed by atoms with Crippen molar-refractivity contribution in [1.82, 2.24) is 10.3 Å². The Labute approximate surface area is 159 Å². The molecule has 142 valence electrons. The number of ether oxygens (including phenoxy) is 1. The van der Waals surface area contributed by atoms with E-state index in [2.05, 4.69) is 15.6 Å². The van der Waals surface area contributed by atoms with Gasteiger partial charge in [-0.2, -0.15) is 0 Å². The van der Waals surface area contributed by atoms with Gasteiger partial charge in [0, 0.05) is 23.7 Å². The first kappa shape index (κ1) is 18.9. The van der Waals surface area contributed by atoms with Crippen molar-refractivity contribution in [2.75, 3.05) is 12.4 Å². The Bertz CT molecular complexity index is 814. The molecular formula is C21H25N3O3. The summed E-state index contributed by atoms with van der Waals surface area (Å²) in [5.74, 6) is 0.555. The van der Waals surface area contributed by atoms with E-state index in [-0.39, 0.29) is 23.8 Å². The molecule has 0 atom stereocenters. The molecule has 1 aromatic heterocycles. The fourth-order valence-corrected chi connectivity index (χ4v) is 3.36. The Hall–Kier alpha value is -2.89. The molecule has 0 saturated heterocycles. The first-order valence-corrected chi connectivity index (χ1v) is 9.23. The summed E-state index contributed by atoms with van der Waals surface area (Å²) in [6.07, 6.45) is 6.48. The number of nitrogens with one attached hydrogen (secondary N) is 2. The molecule has 3 rings (SSSR count). The van der Waals surface area contributed by atoms with Crippen molar-refractivity contribution >= 4 is 17.5 Å². The highest BCUT2D eigenvalue weighted by Crippen LogP contribution is 2.26. The molecule has 0 aliphatic heterocycles. The topological polar surface area (TPSA) is 80.3 Å². The molecule has 6 nitrogen and oxygen atoms in total. The number of pyridine rings is 1. The van der Waals surface area contributed by atoms with Crippen molar-refractivity contribution in [1.29, 1.82) is 0 Å². The second-order valence-electron chi connectivity index (χ2n) is 6.93. The minimum atomic E-state index is -0.104. The smallest absolute Gasteiger partial charge is 0.251 e. The average Bonchev–Trinajstić information content (AvgIpc) is 2.70. The Balaban J connectivity index is 1.50. The van der Waals surface area contributed by atoms with Gasteiger partial charge in [0.15, 0.2) is 0 Å². The van der Waals surface area contributed by atoms with Gasteiger partial charge in [-0.05, 0) is 62.4 Å². The monoisotopic (exact) mass is 367 g/mol. The Morgan fingerprint density at radius 2 is 1.93 bits per heavy atom. The number of nitrogens with zero attached hydrogens (tertiary/aromatic N) is 1. The molecule has 0 bridgehead atoms. The van der Waals surface area contributed by atoms with Gasteiger partial charge in [-0.3, -0.25) is 14.6 Å². The Morgan fingerprint density at radius 3 is 2.63 bits per heavy atom. The number of amides is 2. The zero-order valence-electron chi connectivity index (χ0n) is 15.7. The van der Waals surface area contributed by atoms with Crippen molar-refractivity contribution in [3.8, 4) is 5.75 Å². The fourth-order valence-electron chi connectivity index (χ4n) is 3.36. The highest BCUT2D eigenvalue weighted by atomic mass is 16.5. The number of carbonyl (C=O) groups excluding carboxylic acids is 2. The van der Waals surface area contributed by atoms with Crippen LogP contribution in [-0.2, 0) is 4.79 Å². The minimum absolute atomic E-state index is 0.0312. The molecule has 1 heterocycles. The van der Waals surface area contributed by atoms with Gasteiger partial charge in [-0.25, -0.2) is 0 Å². The van der Waals surface area contributed by atoms with Crippen LogP contribution in [-0.4, -0.2) is 29.9 Å². The molecular weight excluding hydrogens is 342 g/mol. The van der Waals surface area contributed by atoms with E-state index < -0.39 is 0 Å². The zero-order valence-corrected chi connectivity index (χ0v) is 15.7. The lowest BCUT2D eigenvalue weighted by molar-refractivity contribution is -0.120. The second-order valence-corrected chi connectivity index (χ2v) is 6.93. The molecule has 0 unspecified atom stereocenters. The van der Waals surface area contributed by atoms with Crippen LogP contribution in [0.2, 0.25) is 0 Å². The molecule has 1 aliphatic rings. The van der Waals surface area contributed by atoms with Crippen LogP contribution >= 0.6 is 0 Å². The summed E-state index contributed by atoms with van der Waals surface area (Å²) in [6, 6.07) is 9.08. The van der Waals surface area contributed by atoms with Gasteiger partial charge in [0.25, 0.3) is 5.91 Å². The van der Waals surface area contributed by atoms with E-state index in [1.54, 1.807) is 37.7 Å². The highest BCUT2D eigenvalue weighted by molar-refractivity contribution is 5.95. The van der Waals surface area contributed by atoms with E-state index in [9.17, 15) is 9.59 Å². The predicted octanol–water partition coefficient (Wildman–Crippen LogP) is 3.33. The summed E-state index contributed by atoms with van der Waals surface area (Å²) in [7, 11) is 1.58. The quantitative estimate of drug-likeness (QED) is 0.849. The fraction of sp³-hybridized carbons (Fsp3) is 0.381. The van der Waals surface area contributed by atoms with Crippen LogP contribution in [0.15, 0.2) is 42.7 Å². The molecule has 1 fully saturated rings. The van der Waals surface area contributed by atoms with E-state index in [4.69, 9.17) is 4.74 Å². The van der Waals surface area contributed by atoms with Gasteiger partial charge in [0.2, 0.25) is 5.91 Å². The normalized spacial score (nSPS) is 19.2. The molecule has 0 spiro atoms. The number of aryl methyl sites for hydroxylation is 1. The second kappa shape index (κ2) is 8.66. The van der Waals surface area contributed by atoms with Crippen molar-refractivity contribution in [3.05, 3.63) is 53.9 Å². The lowest BCUT2D eigenvalue weighted by atomic mass is 9.85. The van der Waals surface area contributed by atoms with Crippen molar-refractivity contribution in [2.24, 2.45) is 5.92 Å². The van der Waals surface area contributed by atoms with Crippen LogP contribution in [0.3, 0.4) is 0 Å². The summed E-state index contributed by atoms with van der Waals surface area (Å²) in [5, 5.41) is 6.04. The van der Waals surface area contributed by atoms with E-state index in [0.717, 1.165) is 36.9 Å². The van der Waals surface area contributed by atoms with E-state index >= 15 is 0 Å². The predicted molar refractivity (Wildman–Crippen MR) is 104 cm³/mol. The van der Waals surface area contributed by atoms with E-state index in [1.807, 2.05) is 19.1 Å². The number of hydrogen-bond acceptors (Lipinski definition) is 4. The third kappa shape index (κ3) is 4.84. The highest BCUT2D eigenvalue weighted by Gasteiger charge is 2.27. The molecule has 2 aromatic rings. The summed E-state index contributed by atoms with van der Waals surface area (Å²) in [5.41, 5.74) is 2.34. The molecule has 1 aliphatic carbocycles. The number of anilines is 1. The van der Waals surface area contributed by atoms with Gasteiger partial charge in [0.05, 0.1) is 19.0 Å². The zero-order chi connectivity index (χ0) is 19.2. The first-order valence-electron chi connectivity index (χ1n) is 9.23. The summed E-state index contributed by atoms with van der Waals surface area (Å²) >= 11 is 0. The van der Waals surface area contributed by atoms with Gasteiger partial charge >= 0.3 is 0 Å². The Morgan fingerprint density at radius 1 is 1.15 bits per heavy atom. The van der Waals surface area contributed by atoms with Crippen molar-refractivity contribution < 1.29 is 14.3 Å². The maximum Gasteiger partial charge on any atom is 0.251 e. The number of hydrogen-bond donors (Lipinski definition) is 2. The summed E-state index contributed by atoms with van der Waals surface area (Å²) in [6.45, 7) is 1.95. The molecule has 2 N–H and O–H groups in total. The molecule has 1 aromatic carbocycles. The third-order valence-corrected chi connectivity index (χ3v) is 5.06. The van der Waals surface area contributed by atoms with E-state index in [1.165, 1.54) is 0 Å². The summed E-state index contributed by atoms with van der Waals surface area (Å²) < 4.78 is 5.16. The van der Waals surface area contributed by atoms with Crippen LogP contribution < -0.4 is 15.4 Å². The molecule has 6 heteroatoms. The van der Waals surface area contributed by atoms with Gasteiger partial charge < -0.3 is 15.4 Å². The average molecular weight is 367 g/mol. The van der Waals surface area contributed by atoms with Crippen molar-refractivity contribution in [2.45, 2.75) is 38.6 Å². The van der Waals surface area contributed by atoms with Crippen LogP contribution in [0.5, 0.6) is 5.75 Å². The number of carbonyl (C=O) groups is 2. The van der Waals surface area contributed by atoms with Crippen molar-refractivity contribution in [3.63, 3.8) is 0 Å². The van der Waals surface area contributed by atoms with Gasteiger partial charge in [-0.15, -0.1) is 0 Å². The summed E-state index contributed by atoms with van der Waals surface area (Å²) in [4.78, 5) is 29.0. The van der Waals surface area contributed by atoms with Gasteiger partial charge in [-0.1, -0.05) is 6.07 Å². The van der Waals surface area contributed by atoms with Crippen LogP contribution in [0.1, 0.15) is 41.6 Å². The minimum Gasteiger partial charge on any atom is -0.497 e. The standard InChI is InChI=1S/C21H25N3O3/c1-14-10-11-22-13-19(14)24-20(25)15-6-8-17(9-7-15)23-21(26)16-4-3-5-18(12-16)27-2/h3-5,10-13,15,17H,6-9H2,1-2H3,(H,23,26)(H,24,25). The maximum absolute atomic E-state index is 12.5. The first-order chi connectivity index (χ1) is 13.1. The van der Waals surface area contributed by atoms with Crippen LogP contribution in [0.4, 0.5) is 5.69 Å². The third-order valence-electron chi connectivity index (χ3n) is 5.06. The van der Waals surface area contributed by atoms with Gasteiger partial charge in [0.1, 0.15) is 5.75 Å². The molecule has 2 amide bonds. The molecule has 27 heavy (non-hydrogen) atoms. The lowest BCUT2D eigenvalue weighted by Gasteiger charge is -2.28. The largest absolute Gasteiger partial charge is 0.497 e. The number of benzene rings is 1. The van der Waals surface area contributed by atoms with Crippen LogP contribution in [0, 0.1) is 12.8 Å². The lowest BCUT2D eigenvalue weighted by Crippen LogP contribution is -2.39. The Kier molecular flexibility index (Phi) is 6.06. The maximum atomic E-state index is 12.5.